The third-order valence-electron chi connectivity index (χ3n) is 4.87. The highest BCUT2D eigenvalue weighted by atomic mass is 79.9. The Bertz CT molecular complexity index is 785. The predicted octanol–water partition coefficient (Wildman–Crippen LogP) is 3.77. The van der Waals surface area contributed by atoms with Crippen LogP contribution < -0.4 is 15.5 Å². The minimum atomic E-state index is -0.00333. The molecular weight excluding hydrogens is 406 g/mol. The zero-order valence-electron chi connectivity index (χ0n) is 16.0. The molecule has 1 fully saturated rings. The van der Waals surface area contributed by atoms with Gasteiger partial charge in [-0.25, -0.2) is 4.98 Å². The lowest BCUT2D eigenvalue weighted by Crippen LogP contribution is -2.40. The molecule has 6 nitrogen and oxygen atoms in total. The van der Waals surface area contributed by atoms with Crippen molar-refractivity contribution in [2.24, 2.45) is 0 Å². The Morgan fingerprint density at radius 2 is 1.74 bits per heavy atom. The van der Waals surface area contributed by atoms with Gasteiger partial charge in [-0.05, 0) is 56.9 Å². The quantitative estimate of drug-likeness (QED) is 0.753. The standard InChI is InChI=1S/C20H26BrN5O/c1-13-12-22-20(25-18(13)26(2)3)24-17-10-8-16(9-11-17)23-19(27)14-4-6-15(21)7-5-14/h4-7,12,16-17H,8-11H2,1-3H3,(H,23,27)(H,22,24,25)/t16-,17+. The summed E-state index contributed by atoms with van der Waals surface area (Å²) < 4.78 is 0.974. The number of carbonyl (C=O) groups is 1. The lowest BCUT2D eigenvalue weighted by atomic mass is 9.91. The van der Waals surface area contributed by atoms with Gasteiger partial charge in [0.1, 0.15) is 5.82 Å². The highest BCUT2D eigenvalue weighted by molar-refractivity contribution is 9.10. The third kappa shape index (κ3) is 5.19. The van der Waals surface area contributed by atoms with Gasteiger partial charge in [0.05, 0.1) is 0 Å². The van der Waals surface area contributed by atoms with Crippen LogP contribution in [-0.4, -0.2) is 42.1 Å². The number of aromatic nitrogens is 2. The molecule has 1 aromatic carbocycles. The van der Waals surface area contributed by atoms with Gasteiger partial charge in [0.2, 0.25) is 5.95 Å². The topological polar surface area (TPSA) is 70.1 Å². The normalized spacial score (nSPS) is 19.4. The molecule has 2 N–H and O–H groups in total. The summed E-state index contributed by atoms with van der Waals surface area (Å²) in [5, 5.41) is 6.60. The van der Waals surface area contributed by atoms with Crippen molar-refractivity contribution in [3.05, 3.63) is 46.1 Å². The van der Waals surface area contributed by atoms with Crippen LogP contribution in [0.25, 0.3) is 0 Å². The van der Waals surface area contributed by atoms with E-state index >= 15 is 0 Å². The molecule has 2 aromatic rings. The first-order valence-electron chi connectivity index (χ1n) is 9.26. The molecule has 3 rings (SSSR count). The second-order valence-electron chi connectivity index (χ2n) is 7.27. The van der Waals surface area contributed by atoms with Gasteiger partial charge in [-0.3, -0.25) is 4.79 Å². The molecule has 1 aliphatic carbocycles. The Hall–Kier alpha value is -2.15. The maximum atomic E-state index is 12.4. The number of halogens is 1. The van der Waals surface area contributed by atoms with Crippen LogP contribution in [0.1, 0.15) is 41.6 Å². The predicted molar refractivity (Wildman–Crippen MR) is 112 cm³/mol. The van der Waals surface area contributed by atoms with E-state index in [1.165, 1.54) is 0 Å². The number of hydrogen-bond donors (Lipinski definition) is 2. The van der Waals surface area contributed by atoms with Crippen LogP contribution in [0.3, 0.4) is 0 Å². The third-order valence-corrected chi connectivity index (χ3v) is 5.40. The minimum Gasteiger partial charge on any atom is -0.362 e. The zero-order valence-corrected chi connectivity index (χ0v) is 17.6. The number of anilines is 2. The molecule has 1 heterocycles. The van der Waals surface area contributed by atoms with Crippen LogP contribution >= 0.6 is 15.9 Å². The van der Waals surface area contributed by atoms with Gasteiger partial charge in [0.15, 0.2) is 0 Å². The Kier molecular flexibility index (Phi) is 6.31. The van der Waals surface area contributed by atoms with Gasteiger partial charge in [0.25, 0.3) is 5.91 Å². The molecule has 0 saturated heterocycles. The minimum absolute atomic E-state index is 0.00333. The van der Waals surface area contributed by atoms with Gasteiger partial charge in [-0.15, -0.1) is 0 Å². The molecule has 27 heavy (non-hydrogen) atoms. The van der Waals surface area contributed by atoms with Crippen molar-refractivity contribution in [1.82, 2.24) is 15.3 Å². The van der Waals surface area contributed by atoms with E-state index in [9.17, 15) is 4.79 Å². The highest BCUT2D eigenvalue weighted by Gasteiger charge is 2.23. The van der Waals surface area contributed by atoms with E-state index in [-0.39, 0.29) is 11.9 Å². The van der Waals surface area contributed by atoms with Crippen LogP contribution in [0.15, 0.2) is 34.9 Å². The van der Waals surface area contributed by atoms with Gasteiger partial charge >= 0.3 is 0 Å². The summed E-state index contributed by atoms with van der Waals surface area (Å²) in [6, 6.07) is 8.00. The summed E-state index contributed by atoms with van der Waals surface area (Å²) in [7, 11) is 3.97. The van der Waals surface area contributed by atoms with Crippen LogP contribution in [0.5, 0.6) is 0 Å². The van der Waals surface area contributed by atoms with Crippen molar-refractivity contribution in [2.75, 3.05) is 24.3 Å². The summed E-state index contributed by atoms with van der Waals surface area (Å²) >= 11 is 3.39. The van der Waals surface area contributed by atoms with Crippen molar-refractivity contribution in [3.63, 3.8) is 0 Å². The van der Waals surface area contributed by atoms with Crippen LogP contribution in [0.2, 0.25) is 0 Å². The van der Waals surface area contributed by atoms with E-state index in [4.69, 9.17) is 0 Å². The molecule has 1 aromatic heterocycles. The fourth-order valence-corrected chi connectivity index (χ4v) is 3.65. The van der Waals surface area contributed by atoms with E-state index in [0.717, 1.165) is 41.5 Å². The van der Waals surface area contributed by atoms with Crippen LogP contribution in [0.4, 0.5) is 11.8 Å². The number of rotatable bonds is 5. The summed E-state index contributed by atoms with van der Waals surface area (Å²) in [5.41, 5.74) is 1.76. The molecule has 0 unspecified atom stereocenters. The van der Waals surface area contributed by atoms with Crippen molar-refractivity contribution in [3.8, 4) is 0 Å². The monoisotopic (exact) mass is 431 g/mol. The highest BCUT2D eigenvalue weighted by Crippen LogP contribution is 2.23. The van der Waals surface area contributed by atoms with E-state index in [1.54, 1.807) is 0 Å². The maximum Gasteiger partial charge on any atom is 0.251 e. The first-order valence-corrected chi connectivity index (χ1v) is 10.1. The summed E-state index contributed by atoms with van der Waals surface area (Å²) in [4.78, 5) is 23.4. The fourth-order valence-electron chi connectivity index (χ4n) is 3.39. The van der Waals surface area contributed by atoms with Crippen molar-refractivity contribution in [2.45, 2.75) is 44.7 Å². The largest absolute Gasteiger partial charge is 0.362 e. The number of aryl methyl sites for hydroxylation is 1. The molecule has 0 spiro atoms. The molecule has 1 saturated carbocycles. The van der Waals surface area contributed by atoms with E-state index in [0.29, 0.717) is 17.6 Å². The summed E-state index contributed by atoms with van der Waals surface area (Å²) in [5.74, 6) is 1.60. The SMILES string of the molecule is Cc1cnc(N[C@H]2CC[C@@H](NC(=O)c3ccc(Br)cc3)CC2)nc1N(C)C. The molecular formula is C20H26BrN5O. The molecule has 144 valence electrons. The number of nitrogens with zero attached hydrogens (tertiary/aromatic N) is 3. The second-order valence-corrected chi connectivity index (χ2v) is 8.18. The lowest BCUT2D eigenvalue weighted by molar-refractivity contribution is 0.0926. The van der Waals surface area contributed by atoms with Crippen molar-refractivity contribution >= 4 is 33.6 Å². The van der Waals surface area contributed by atoms with Gasteiger partial charge in [0, 0.05) is 48.0 Å². The fraction of sp³-hybridized carbons (Fsp3) is 0.450. The molecule has 0 atom stereocenters. The van der Waals surface area contributed by atoms with Gasteiger partial charge < -0.3 is 15.5 Å². The number of benzene rings is 1. The molecule has 0 aliphatic heterocycles. The van der Waals surface area contributed by atoms with Crippen LogP contribution in [0, 0.1) is 6.92 Å². The molecule has 1 amide bonds. The number of hydrogen-bond acceptors (Lipinski definition) is 5. The molecule has 1 aliphatic rings. The Morgan fingerprint density at radius 1 is 1.11 bits per heavy atom. The molecule has 7 heteroatoms. The van der Waals surface area contributed by atoms with E-state index in [1.807, 2.05) is 56.4 Å². The smallest absolute Gasteiger partial charge is 0.251 e. The molecule has 0 bridgehead atoms. The Morgan fingerprint density at radius 3 is 2.37 bits per heavy atom. The number of carbonyl (C=O) groups excluding carboxylic acids is 1. The number of amides is 1. The lowest BCUT2D eigenvalue weighted by Gasteiger charge is -2.30. The first-order chi connectivity index (χ1) is 12.9. The average Bonchev–Trinajstić information content (AvgIpc) is 2.65. The molecule has 0 radical (unpaired) electrons. The maximum absolute atomic E-state index is 12.4. The Balaban J connectivity index is 1.51. The van der Waals surface area contributed by atoms with Crippen LogP contribution in [-0.2, 0) is 0 Å². The first kappa shape index (κ1) is 19.6. The summed E-state index contributed by atoms with van der Waals surface area (Å²) in [6.45, 7) is 2.01. The zero-order chi connectivity index (χ0) is 19.4. The number of nitrogens with one attached hydrogen (secondary N) is 2. The Labute approximate surface area is 168 Å². The second kappa shape index (κ2) is 8.69. The van der Waals surface area contributed by atoms with Gasteiger partial charge in [-0.1, -0.05) is 15.9 Å². The van der Waals surface area contributed by atoms with E-state index in [2.05, 4.69) is 36.5 Å². The van der Waals surface area contributed by atoms with E-state index < -0.39 is 0 Å². The van der Waals surface area contributed by atoms with Crippen molar-refractivity contribution < 1.29 is 4.79 Å². The van der Waals surface area contributed by atoms with Crippen molar-refractivity contribution in [1.29, 1.82) is 0 Å². The summed E-state index contributed by atoms with van der Waals surface area (Å²) in [6.07, 6.45) is 5.73. The average molecular weight is 432 g/mol. The van der Waals surface area contributed by atoms with Gasteiger partial charge in [-0.2, -0.15) is 4.98 Å².